The molecule has 2 N–H and O–H groups in total. The molecule has 0 fully saturated rings. The Morgan fingerprint density at radius 3 is 2.41 bits per heavy atom. The van der Waals surface area contributed by atoms with Crippen molar-refractivity contribution in [2.45, 2.75) is 20.4 Å². The van der Waals surface area contributed by atoms with Gasteiger partial charge in [-0.1, -0.05) is 42.0 Å². The molecule has 0 aliphatic rings. The van der Waals surface area contributed by atoms with Gasteiger partial charge in [0.25, 0.3) is 5.91 Å². The molecule has 0 saturated carbocycles. The first-order chi connectivity index (χ1) is 16.3. The predicted octanol–water partition coefficient (Wildman–Crippen LogP) is 2.23. The number of aromatic nitrogens is 4. The molecule has 2 aromatic heterocycles. The van der Waals surface area contributed by atoms with Crippen LogP contribution in [-0.2, 0) is 16.1 Å². The molecule has 0 bridgehead atoms. The maximum Gasteiger partial charge on any atom is 0.335 e. The summed E-state index contributed by atoms with van der Waals surface area (Å²) in [6.45, 7) is 3.29. The topological polar surface area (TPSA) is 131 Å². The van der Waals surface area contributed by atoms with Crippen LogP contribution in [0.5, 0.6) is 5.75 Å². The Morgan fingerprint density at radius 2 is 1.76 bits per heavy atom. The molecule has 10 heteroatoms. The molecular formula is C24H23N5O5. The summed E-state index contributed by atoms with van der Waals surface area (Å²) in [5.41, 5.74) is 7.05. The van der Waals surface area contributed by atoms with Crippen LogP contribution in [0.15, 0.2) is 53.3 Å². The van der Waals surface area contributed by atoms with Gasteiger partial charge in [-0.05, 0) is 26.0 Å². The van der Waals surface area contributed by atoms with E-state index in [1.165, 1.54) is 11.7 Å². The Hall–Kier alpha value is -4.47. The van der Waals surface area contributed by atoms with Gasteiger partial charge >= 0.3 is 11.7 Å². The maximum atomic E-state index is 13.6. The SMILES string of the molecule is CCOC(=O)Cn1c(=O)n(-c2ccccc2OC)c2nc(-c3ccc(C)cc3)nc(C(N)=O)c21. The summed E-state index contributed by atoms with van der Waals surface area (Å²) in [5, 5.41) is 0. The monoisotopic (exact) mass is 461 g/mol. The van der Waals surface area contributed by atoms with Gasteiger partial charge < -0.3 is 15.2 Å². The molecule has 2 heterocycles. The Labute approximate surface area is 194 Å². The lowest BCUT2D eigenvalue weighted by atomic mass is 10.1. The largest absolute Gasteiger partial charge is 0.495 e. The average molecular weight is 461 g/mol. The number of fused-ring (bicyclic) bond motifs is 1. The summed E-state index contributed by atoms with van der Waals surface area (Å²) in [6.07, 6.45) is 0. The van der Waals surface area contributed by atoms with Crippen molar-refractivity contribution < 1.29 is 19.1 Å². The van der Waals surface area contributed by atoms with Crippen LogP contribution in [0.2, 0.25) is 0 Å². The van der Waals surface area contributed by atoms with Crippen LogP contribution in [0.1, 0.15) is 23.0 Å². The number of benzene rings is 2. The Morgan fingerprint density at radius 1 is 1.06 bits per heavy atom. The summed E-state index contributed by atoms with van der Waals surface area (Å²) in [4.78, 5) is 47.4. The summed E-state index contributed by atoms with van der Waals surface area (Å²) in [6, 6.07) is 14.2. The van der Waals surface area contributed by atoms with Gasteiger partial charge in [0.2, 0.25) is 0 Å². The average Bonchev–Trinajstić information content (AvgIpc) is 3.09. The van der Waals surface area contributed by atoms with Crippen molar-refractivity contribution in [3.63, 3.8) is 0 Å². The Bertz CT molecular complexity index is 1450. The second kappa shape index (κ2) is 9.18. The molecule has 2 aromatic carbocycles. The number of esters is 1. The molecule has 1 amide bonds. The lowest BCUT2D eigenvalue weighted by molar-refractivity contribution is -0.143. The molecule has 0 saturated heterocycles. The van der Waals surface area contributed by atoms with E-state index in [0.717, 1.165) is 10.1 Å². The first-order valence-electron chi connectivity index (χ1n) is 10.5. The number of primary amides is 1. The van der Waals surface area contributed by atoms with Crippen molar-refractivity contribution in [2.75, 3.05) is 13.7 Å². The van der Waals surface area contributed by atoms with E-state index in [1.807, 2.05) is 31.2 Å². The van der Waals surface area contributed by atoms with E-state index < -0.39 is 24.1 Å². The van der Waals surface area contributed by atoms with Gasteiger partial charge in [0, 0.05) is 5.56 Å². The van der Waals surface area contributed by atoms with Crippen molar-refractivity contribution in [3.05, 3.63) is 70.3 Å². The number of aryl methyl sites for hydroxylation is 1. The highest BCUT2D eigenvalue weighted by molar-refractivity contribution is 6.02. The Balaban J connectivity index is 2.11. The number of carbonyl (C=O) groups excluding carboxylic acids is 2. The van der Waals surface area contributed by atoms with Gasteiger partial charge in [-0.25, -0.2) is 19.3 Å². The van der Waals surface area contributed by atoms with E-state index in [1.54, 1.807) is 31.2 Å². The highest BCUT2D eigenvalue weighted by Crippen LogP contribution is 2.27. The number of para-hydroxylation sites is 2. The van der Waals surface area contributed by atoms with Crippen molar-refractivity contribution in [3.8, 4) is 22.8 Å². The van der Waals surface area contributed by atoms with Crippen molar-refractivity contribution >= 4 is 23.0 Å². The summed E-state index contributed by atoms with van der Waals surface area (Å²) >= 11 is 0. The van der Waals surface area contributed by atoms with E-state index in [-0.39, 0.29) is 29.3 Å². The van der Waals surface area contributed by atoms with Crippen LogP contribution in [-0.4, -0.2) is 44.7 Å². The van der Waals surface area contributed by atoms with Gasteiger partial charge in [-0.15, -0.1) is 0 Å². The minimum absolute atomic E-state index is 0.0346. The van der Waals surface area contributed by atoms with Crippen LogP contribution in [0.4, 0.5) is 0 Å². The number of nitrogens with zero attached hydrogens (tertiary/aromatic N) is 4. The van der Waals surface area contributed by atoms with E-state index in [9.17, 15) is 14.4 Å². The molecule has 0 spiro atoms. The number of methoxy groups -OCH3 is 1. The fraction of sp³-hybridized carbons (Fsp3) is 0.208. The number of rotatable bonds is 7. The number of hydrogen-bond donors (Lipinski definition) is 1. The fourth-order valence-corrected chi connectivity index (χ4v) is 3.67. The highest BCUT2D eigenvalue weighted by Gasteiger charge is 2.26. The molecule has 0 aliphatic heterocycles. The van der Waals surface area contributed by atoms with Crippen LogP contribution >= 0.6 is 0 Å². The second-order valence-corrected chi connectivity index (χ2v) is 7.48. The molecule has 0 aliphatic carbocycles. The fourth-order valence-electron chi connectivity index (χ4n) is 3.67. The van der Waals surface area contributed by atoms with Gasteiger partial charge in [-0.2, -0.15) is 0 Å². The molecule has 174 valence electrons. The van der Waals surface area contributed by atoms with E-state index in [2.05, 4.69) is 9.97 Å². The first-order valence-corrected chi connectivity index (χ1v) is 10.5. The standard InChI is InChI=1S/C24H23N5O5/c1-4-34-18(30)13-28-20-19(21(25)31)26-22(15-11-9-14(2)10-12-15)27-23(20)29(24(28)32)16-7-5-6-8-17(16)33-3/h5-12H,4,13H2,1-3H3,(H2,25,31). The molecule has 0 atom stereocenters. The Kier molecular flexibility index (Phi) is 6.13. The van der Waals surface area contributed by atoms with Gasteiger partial charge in [0.15, 0.2) is 17.2 Å². The van der Waals surface area contributed by atoms with Crippen LogP contribution < -0.4 is 16.2 Å². The third kappa shape index (κ3) is 4.01. The number of ether oxygens (including phenoxy) is 2. The third-order valence-corrected chi connectivity index (χ3v) is 5.23. The van der Waals surface area contributed by atoms with Crippen molar-refractivity contribution in [2.24, 2.45) is 5.73 Å². The number of imidazole rings is 1. The molecule has 4 aromatic rings. The lowest BCUT2D eigenvalue weighted by Crippen LogP contribution is -2.28. The minimum Gasteiger partial charge on any atom is -0.495 e. The quantitative estimate of drug-likeness (QED) is 0.418. The van der Waals surface area contributed by atoms with E-state index in [4.69, 9.17) is 15.2 Å². The van der Waals surface area contributed by atoms with Gasteiger partial charge in [0.1, 0.15) is 17.8 Å². The van der Waals surface area contributed by atoms with Gasteiger partial charge in [0.05, 0.1) is 19.4 Å². The van der Waals surface area contributed by atoms with E-state index >= 15 is 0 Å². The highest BCUT2D eigenvalue weighted by atomic mass is 16.5. The van der Waals surface area contributed by atoms with Gasteiger partial charge in [-0.3, -0.25) is 14.2 Å². The maximum absolute atomic E-state index is 13.6. The zero-order valence-corrected chi connectivity index (χ0v) is 18.9. The zero-order chi connectivity index (χ0) is 24.4. The number of amides is 1. The third-order valence-electron chi connectivity index (χ3n) is 5.23. The second-order valence-electron chi connectivity index (χ2n) is 7.48. The summed E-state index contributed by atoms with van der Waals surface area (Å²) in [7, 11) is 1.48. The van der Waals surface area contributed by atoms with E-state index in [0.29, 0.717) is 17.0 Å². The summed E-state index contributed by atoms with van der Waals surface area (Å²) < 4.78 is 12.8. The lowest BCUT2D eigenvalue weighted by Gasteiger charge is -2.10. The molecule has 0 unspecified atom stereocenters. The van der Waals surface area contributed by atoms with Crippen molar-refractivity contribution in [1.29, 1.82) is 0 Å². The molecular weight excluding hydrogens is 438 g/mol. The van der Waals surface area contributed by atoms with Crippen LogP contribution in [0, 0.1) is 6.92 Å². The molecule has 0 radical (unpaired) electrons. The smallest absolute Gasteiger partial charge is 0.335 e. The molecule has 4 rings (SSSR count). The normalized spacial score (nSPS) is 10.9. The van der Waals surface area contributed by atoms with Crippen LogP contribution in [0.3, 0.4) is 0 Å². The molecule has 10 nitrogen and oxygen atoms in total. The number of hydrogen-bond acceptors (Lipinski definition) is 7. The number of carbonyl (C=O) groups is 2. The summed E-state index contributed by atoms with van der Waals surface area (Å²) in [5.74, 6) is -0.911. The van der Waals surface area contributed by atoms with Crippen molar-refractivity contribution in [1.82, 2.24) is 19.1 Å². The first kappa shape index (κ1) is 22.7. The van der Waals surface area contributed by atoms with Crippen LogP contribution in [0.25, 0.3) is 28.2 Å². The minimum atomic E-state index is -0.865. The predicted molar refractivity (Wildman–Crippen MR) is 125 cm³/mol. The molecule has 34 heavy (non-hydrogen) atoms. The number of nitrogens with two attached hydrogens (primary N) is 1. The zero-order valence-electron chi connectivity index (χ0n) is 18.9.